The number of carbonyl (C=O) groups is 2. The van der Waals surface area contributed by atoms with E-state index in [1.54, 1.807) is 13.3 Å². The van der Waals surface area contributed by atoms with Crippen molar-refractivity contribution in [1.29, 1.82) is 0 Å². The number of fused-ring (bicyclic) bond motifs is 1. The number of aromatic nitrogens is 1. The first-order valence-corrected chi connectivity index (χ1v) is 8.53. The SMILES string of the molecule is COC(=O)C[NH+]1CC[NH+](CC(=O)c2c[nH]c3ccc(OC)cc23)CC1. The van der Waals surface area contributed by atoms with Gasteiger partial charge < -0.3 is 24.3 Å². The molecule has 1 aliphatic heterocycles. The van der Waals surface area contributed by atoms with E-state index < -0.39 is 0 Å². The number of methoxy groups -OCH3 is 2. The topological polar surface area (TPSA) is 77.3 Å². The van der Waals surface area contributed by atoms with Gasteiger partial charge in [0.2, 0.25) is 5.78 Å². The van der Waals surface area contributed by atoms with Crippen molar-refractivity contribution in [3.8, 4) is 5.75 Å². The molecule has 1 fully saturated rings. The van der Waals surface area contributed by atoms with Gasteiger partial charge in [-0.25, -0.2) is 4.79 Å². The summed E-state index contributed by atoms with van der Waals surface area (Å²) >= 11 is 0. The minimum Gasteiger partial charge on any atom is -0.497 e. The predicted molar refractivity (Wildman–Crippen MR) is 92.3 cm³/mol. The van der Waals surface area contributed by atoms with Crippen LogP contribution in [0.3, 0.4) is 0 Å². The second-order valence-corrected chi connectivity index (χ2v) is 6.47. The average Bonchev–Trinajstić information content (AvgIpc) is 3.06. The highest BCUT2D eigenvalue weighted by atomic mass is 16.5. The molecular weight excluding hydrogens is 322 g/mol. The Morgan fingerprint density at radius 1 is 1.08 bits per heavy atom. The summed E-state index contributed by atoms with van der Waals surface area (Å²) in [5.74, 6) is 0.696. The maximum absolute atomic E-state index is 12.7. The number of ether oxygens (including phenoxy) is 2. The summed E-state index contributed by atoms with van der Waals surface area (Å²) in [5.41, 5.74) is 1.65. The summed E-state index contributed by atoms with van der Waals surface area (Å²) in [6.45, 7) is 4.38. The molecule has 25 heavy (non-hydrogen) atoms. The lowest BCUT2D eigenvalue weighted by atomic mass is 10.1. The van der Waals surface area contributed by atoms with Crippen molar-refractivity contribution in [3.63, 3.8) is 0 Å². The number of nitrogens with one attached hydrogen (secondary N) is 3. The van der Waals surface area contributed by atoms with Gasteiger partial charge in [-0.2, -0.15) is 0 Å². The third-order valence-corrected chi connectivity index (χ3v) is 4.89. The minimum absolute atomic E-state index is 0.130. The average molecular weight is 347 g/mol. The van der Waals surface area contributed by atoms with Crippen LogP contribution in [0.4, 0.5) is 0 Å². The van der Waals surface area contributed by atoms with E-state index in [1.807, 2.05) is 18.2 Å². The second kappa shape index (κ2) is 7.67. The Bertz CT molecular complexity index is 763. The summed E-state index contributed by atoms with van der Waals surface area (Å²) < 4.78 is 9.98. The fourth-order valence-corrected chi connectivity index (χ4v) is 3.37. The molecule has 0 unspecified atom stereocenters. The Morgan fingerprint density at radius 3 is 2.40 bits per heavy atom. The molecule has 2 aromatic rings. The van der Waals surface area contributed by atoms with Crippen LogP contribution in [0.25, 0.3) is 10.9 Å². The quantitative estimate of drug-likeness (QED) is 0.431. The first-order valence-electron chi connectivity index (χ1n) is 8.53. The number of quaternary nitrogens is 2. The third-order valence-electron chi connectivity index (χ3n) is 4.89. The van der Waals surface area contributed by atoms with Crippen LogP contribution in [0, 0.1) is 0 Å². The number of hydrogen-bond donors (Lipinski definition) is 3. The first-order chi connectivity index (χ1) is 12.1. The summed E-state index contributed by atoms with van der Waals surface area (Å²) in [7, 11) is 3.04. The molecule has 0 bridgehead atoms. The number of Topliss-reactive ketones (excluding diaryl/α,β-unsaturated/α-hetero) is 1. The van der Waals surface area contributed by atoms with E-state index in [9.17, 15) is 9.59 Å². The standard InChI is InChI=1S/C18H23N3O4/c1-24-13-3-4-16-14(9-13)15(10-19-16)17(22)11-20-5-7-21(8-6-20)12-18(23)25-2/h3-4,9-10,19H,5-8,11-12H2,1-2H3/p+2. The Morgan fingerprint density at radius 2 is 1.76 bits per heavy atom. The Labute approximate surface area is 146 Å². The van der Waals surface area contributed by atoms with Crippen molar-refractivity contribution in [2.45, 2.75) is 0 Å². The van der Waals surface area contributed by atoms with E-state index in [-0.39, 0.29) is 11.8 Å². The van der Waals surface area contributed by atoms with Crippen molar-refractivity contribution >= 4 is 22.7 Å². The predicted octanol–water partition coefficient (Wildman–Crippen LogP) is -1.68. The van der Waals surface area contributed by atoms with Crippen molar-refractivity contribution in [1.82, 2.24) is 4.98 Å². The molecule has 3 N–H and O–H groups in total. The van der Waals surface area contributed by atoms with Gasteiger partial charge in [0.1, 0.15) is 38.5 Å². The number of piperazine rings is 1. The molecule has 0 saturated carbocycles. The van der Waals surface area contributed by atoms with Gasteiger partial charge in [0.25, 0.3) is 0 Å². The normalized spacial score (nSPS) is 20.4. The molecule has 134 valence electrons. The molecule has 0 spiro atoms. The second-order valence-electron chi connectivity index (χ2n) is 6.47. The van der Waals surface area contributed by atoms with Crippen LogP contribution in [0.5, 0.6) is 5.75 Å². The van der Waals surface area contributed by atoms with E-state index in [2.05, 4.69) is 4.98 Å². The number of aromatic amines is 1. The lowest BCUT2D eigenvalue weighted by Crippen LogP contribution is -3.28. The van der Waals surface area contributed by atoms with Crippen molar-refractivity contribution in [3.05, 3.63) is 30.0 Å². The molecule has 0 radical (unpaired) electrons. The van der Waals surface area contributed by atoms with Crippen LogP contribution < -0.4 is 14.5 Å². The zero-order valence-corrected chi connectivity index (χ0v) is 14.7. The van der Waals surface area contributed by atoms with Crippen LogP contribution in [-0.2, 0) is 9.53 Å². The van der Waals surface area contributed by atoms with Gasteiger partial charge in [-0.05, 0) is 18.2 Å². The first kappa shape index (κ1) is 17.4. The number of hydrogen-bond acceptors (Lipinski definition) is 4. The van der Waals surface area contributed by atoms with Crippen molar-refractivity contribution in [2.75, 3.05) is 53.5 Å². The number of benzene rings is 1. The lowest BCUT2D eigenvalue weighted by molar-refractivity contribution is -1.00. The van der Waals surface area contributed by atoms with E-state index >= 15 is 0 Å². The molecule has 1 saturated heterocycles. The smallest absolute Gasteiger partial charge is 0.361 e. The number of H-pyrrole nitrogens is 1. The Balaban J connectivity index is 1.61. The van der Waals surface area contributed by atoms with Gasteiger partial charge in [0, 0.05) is 22.7 Å². The van der Waals surface area contributed by atoms with Crippen LogP contribution >= 0.6 is 0 Å². The monoisotopic (exact) mass is 347 g/mol. The number of carbonyl (C=O) groups excluding carboxylic acids is 2. The van der Waals surface area contributed by atoms with Crippen LogP contribution in [0.2, 0.25) is 0 Å². The molecule has 1 aromatic heterocycles. The van der Waals surface area contributed by atoms with Crippen LogP contribution in [0.15, 0.2) is 24.4 Å². The van der Waals surface area contributed by atoms with Gasteiger partial charge in [0.05, 0.1) is 14.2 Å². The van der Waals surface area contributed by atoms with Gasteiger partial charge >= 0.3 is 5.97 Å². The van der Waals surface area contributed by atoms with Gasteiger partial charge in [0.15, 0.2) is 6.54 Å². The van der Waals surface area contributed by atoms with Crippen LogP contribution in [0.1, 0.15) is 10.4 Å². The number of rotatable bonds is 6. The summed E-state index contributed by atoms with van der Waals surface area (Å²) in [4.78, 5) is 29.7. The van der Waals surface area contributed by atoms with Gasteiger partial charge in [-0.3, -0.25) is 4.79 Å². The molecule has 7 nitrogen and oxygen atoms in total. The molecule has 0 atom stereocenters. The maximum Gasteiger partial charge on any atom is 0.361 e. The maximum atomic E-state index is 12.7. The van der Waals surface area contributed by atoms with E-state index in [1.165, 1.54) is 16.9 Å². The molecular formula is C18H25N3O4+2. The molecule has 3 rings (SSSR count). The summed E-state index contributed by atoms with van der Waals surface area (Å²) in [5, 5.41) is 0.902. The van der Waals surface area contributed by atoms with Gasteiger partial charge in [-0.1, -0.05) is 0 Å². The number of ketones is 1. The molecule has 0 aliphatic carbocycles. The number of esters is 1. The Hall–Kier alpha value is -2.38. The summed E-state index contributed by atoms with van der Waals surface area (Å²) in [6, 6.07) is 5.70. The lowest BCUT2D eigenvalue weighted by Gasteiger charge is -2.28. The highest BCUT2D eigenvalue weighted by molar-refractivity contribution is 6.08. The molecule has 7 heteroatoms. The zero-order chi connectivity index (χ0) is 17.8. The van der Waals surface area contributed by atoms with E-state index in [0.717, 1.165) is 42.8 Å². The largest absolute Gasteiger partial charge is 0.497 e. The van der Waals surface area contributed by atoms with E-state index in [4.69, 9.17) is 9.47 Å². The highest BCUT2D eigenvalue weighted by Gasteiger charge is 2.27. The van der Waals surface area contributed by atoms with Crippen molar-refractivity contribution < 1.29 is 28.9 Å². The zero-order valence-electron chi connectivity index (χ0n) is 14.7. The van der Waals surface area contributed by atoms with Crippen molar-refractivity contribution in [2.24, 2.45) is 0 Å². The van der Waals surface area contributed by atoms with E-state index in [0.29, 0.717) is 18.7 Å². The fourth-order valence-electron chi connectivity index (χ4n) is 3.37. The Kier molecular flexibility index (Phi) is 5.35. The fraction of sp³-hybridized carbons (Fsp3) is 0.444. The molecule has 2 heterocycles. The molecule has 1 aliphatic rings. The third kappa shape index (κ3) is 4.00. The molecule has 1 aromatic carbocycles. The highest BCUT2D eigenvalue weighted by Crippen LogP contribution is 2.23. The minimum atomic E-state index is -0.178. The van der Waals surface area contributed by atoms with Gasteiger partial charge in [-0.15, -0.1) is 0 Å². The molecule has 0 amide bonds. The summed E-state index contributed by atoms with van der Waals surface area (Å²) in [6.07, 6.45) is 1.78. The van der Waals surface area contributed by atoms with Crippen LogP contribution in [-0.4, -0.2) is 70.2 Å².